The van der Waals surface area contributed by atoms with Crippen LogP contribution in [-0.4, -0.2) is 5.78 Å². The lowest BCUT2D eigenvalue weighted by molar-refractivity contribution is -0.114. The maximum Gasteiger partial charge on any atom is 0.166 e. The molecule has 0 bridgehead atoms. The van der Waals surface area contributed by atoms with Gasteiger partial charge in [-0.05, 0) is 103 Å². The molecule has 2 aromatic rings. The zero-order valence-corrected chi connectivity index (χ0v) is 21.4. The van der Waals surface area contributed by atoms with E-state index in [1.54, 1.807) is 0 Å². The molecule has 8 unspecified atom stereocenters. The van der Waals surface area contributed by atoms with E-state index in [-0.39, 0.29) is 11.3 Å². The van der Waals surface area contributed by atoms with Crippen molar-refractivity contribution >= 4 is 5.78 Å². The first-order chi connectivity index (χ1) is 16.4. The monoisotopic (exact) mass is 454 g/mol. The summed E-state index contributed by atoms with van der Waals surface area (Å²) in [6, 6.07) is 18.9. The van der Waals surface area contributed by atoms with Crippen molar-refractivity contribution in [3.8, 4) is 11.1 Å². The molecule has 0 heterocycles. The topological polar surface area (TPSA) is 17.1 Å². The van der Waals surface area contributed by atoms with E-state index in [1.807, 2.05) is 0 Å². The molecule has 4 saturated carbocycles. The van der Waals surface area contributed by atoms with E-state index in [4.69, 9.17) is 0 Å². The summed E-state index contributed by atoms with van der Waals surface area (Å²) in [6.45, 7) is 7.64. The van der Waals surface area contributed by atoms with E-state index in [0.29, 0.717) is 11.2 Å². The lowest BCUT2D eigenvalue weighted by Crippen LogP contribution is -2.53. The minimum absolute atomic E-state index is 0.196. The van der Waals surface area contributed by atoms with E-state index < -0.39 is 0 Å². The molecule has 4 aliphatic rings. The van der Waals surface area contributed by atoms with Crippen molar-refractivity contribution in [3.63, 3.8) is 0 Å². The van der Waals surface area contributed by atoms with Crippen LogP contribution in [0.1, 0.15) is 88.9 Å². The van der Waals surface area contributed by atoms with Crippen LogP contribution in [-0.2, 0) is 0 Å². The van der Waals surface area contributed by atoms with E-state index in [1.165, 1.54) is 62.5 Å². The minimum atomic E-state index is 0.196. The fraction of sp³-hybridized carbons (Fsp3) is 0.606. The predicted molar refractivity (Wildman–Crippen MR) is 141 cm³/mol. The van der Waals surface area contributed by atoms with Crippen molar-refractivity contribution in [1.82, 2.24) is 0 Å². The van der Waals surface area contributed by atoms with Gasteiger partial charge in [0.1, 0.15) is 0 Å². The molecule has 1 nitrogen and oxygen atoms in total. The summed E-state index contributed by atoms with van der Waals surface area (Å²) in [5, 5.41) is 0. The molecule has 0 saturated heterocycles. The van der Waals surface area contributed by atoms with E-state index >= 15 is 0 Å². The second kappa shape index (κ2) is 8.35. The fourth-order valence-electron chi connectivity index (χ4n) is 9.56. The number of ketones is 1. The first-order valence-corrected chi connectivity index (χ1v) is 14.1. The average molecular weight is 455 g/mol. The van der Waals surface area contributed by atoms with Gasteiger partial charge in [-0.3, -0.25) is 4.79 Å². The lowest BCUT2D eigenvalue weighted by Gasteiger charge is -2.61. The number of benzene rings is 2. The molecule has 4 aliphatic carbocycles. The second-order valence-corrected chi connectivity index (χ2v) is 13.0. The van der Waals surface area contributed by atoms with Gasteiger partial charge in [0.05, 0.1) is 0 Å². The van der Waals surface area contributed by atoms with Gasteiger partial charge in [0.2, 0.25) is 0 Å². The molecular weight excluding hydrogens is 412 g/mol. The Bertz CT molecular complexity index is 1040. The maximum atomic E-state index is 13.8. The Kier molecular flexibility index (Phi) is 5.54. The molecule has 180 valence electrons. The third-order valence-electron chi connectivity index (χ3n) is 11.5. The third kappa shape index (κ3) is 3.44. The highest BCUT2D eigenvalue weighted by atomic mass is 16.1. The van der Waals surface area contributed by atoms with E-state index in [0.717, 1.165) is 41.6 Å². The van der Waals surface area contributed by atoms with Crippen LogP contribution in [0.25, 0.3) is 11.1 Å². The molecule has 0 N–H and O–H groups in total. The molecule has 1 heteroatoms. The molecule has 0 spiro atoms. The molecule has 0 amide bonds. The minimum Gasteiger partial charge on any atom is -0.294 e. The van der Waals surface area contributed by atoms with Crippen molar-refractivity contribution in [2.45, 2.75) is 78.6 Å². The van der Waals surface area contributed by atoms with Gasteiger partial charge in [-0.15, -0.1) is 0 Å². The van der Waals surface area contributed by atoms with Gasteiger partial charge in [-0.1, -0.05) is 81.8 Å². The molecule has 8 atom stereocenters. The Morgan fingerprint density at radius 3 is 2.18 bits per heavy atom. The second-order valence-electron chi connectivity index (χ2n) is 13.0. The Labute approximate surface area is 206 Å². The smallest absolute Gasteiger partial charge is 0.166 e. The van der Waals surface area contributed by atoms with Gasteiger partial charge in [-0.2, -0.15) is 0 Å². The number of Topliss-reactive ketones (excluding diaryl/α,β-unsaturated/α-hetero) is 1. The van der Waals surface area contributed by atoms with Crippen LogP contribution in [0.5, 0.6) is 0 Å². The highest BCUT2D eigenvalue weighted by molar-refractivity contribution is 5.99. The summed E-state index contributed by atoms with van der Waals surface area (Å²) < 4.78 is 0. The van der Waals surface area contributed by atoms with Crippen molar-refractivity contribution in [2.75, 3.05) is 0 Å². The van der Waals surface area contributed by atoms with Gasteiger partial charge in [0, 0.05) is 11.5 Å². The van der Waals surface area contributed by atoms with Crippen LogP contribution >= 0.6 is 0 Å². The normalized spacial score (nSPS) is 41.3. The van der Waals surface area contributed by atoms with Crippen LogP contribution in [0.2, 0.25) is 0 Å². The Morgan fingerprint density at radius 1 is 0.735 bits per heavy atom. The third-order valence-corrected chi connectivity index (χ3v) is 11.5. The van der Waals surface area contributed by atoms with Crippen LogP contribution < -0.4 is 0 Å². The number of hydrogen-bond donors (Lipinski definition) is 0. The lowest BCUT2D eigenvalue weighted by atomic mass is 9.44. The largest absolute Gasteiger partial charge is 0.294 e. The highest BCUT2D eigenvalue weighted by Gasteiger charge is 2.61. The zero-order chi connectivity index (χ0) is 23.5. The quantitative estimate of drug-likeness (QED) is 0.423. The summed E-state index contributed by atoms with van der Waals surface area (Å²) in [5.74, 6) is 4.99. The van der Waals surface area contributed by atoms with Crippen molar-refractivity contribution in [2.24, 2.45) is 46.3 Å². The number of rotatable bonds is 3. The van der Waals surface area contributed by atoms with Gasteiger partial charge in [-0.25, -0.2) is 0 Å². The van der Waals surface area contributed by atoms with Gasteiger partial charge >= 0.3 is 0 Å². The van der Waals surface area contributed by atoms with Crippen LogP contribution in [0.4, 0.5) is 0 Å². The summed E-state index contributed by atoms with van der Waals surface area (Å²) in [4.78, 5) is 13.8. The average Bonchev–Trinajstić information content (AvgIpc) is 3.22. The number of carbonyl (C=O) groups excluding carboxylic acids is 1. The molecule has 4 fully saturated rings. The Morgan fingerprint density at radius 2 is 1.41 bits per heavy atom. The van der Waals surface area contributed by atoms with Crippen LogP contribution in [0.3, 0.4) is 0 Å². The number of hydrogen-bond acceptors (Lipinski definition) is 1. The Balaban J connectivity index is 1.22. The highest BCUT2D eigenvalue weighted by Crippen LogP contribution is 2.68. The van der Waals surface area contributed by atoms with Crippen molar-refractivity contribution < 1.29 is 4.79 Å². The van der Waals surface area contributed by atoms with Crippen molar-refractivity contribution in [3.05, 3.63) is 60.2 Å². The standard InChI is InChI=1S/C33H42O/c1-22-17-19-32(2)26(21-22)13-14-27-28-15-16-30(33(28,3)20-18-29(27)32)31(34)25-11-9-24(10-12-25)23-7-5-4-6-8-23/h4-12,22,26-30H,13-21H2,1-3H3. The molecule has 34 heavy (non-hydrogen) atoms. The molecule has 6 rings (SSSR count). The Hall–Kier alpha value is -1.89. The van der Waals surface area contributed by atoms with Gasteiger partial charge in [0.15, 0.2) is 5.78 Å². The van der Waals surface area contributed by atoms with E-state index in [2.05, 4.69) is 75.4 Å². The van der Waals surface area contributed by atoms with Gasteiger partial charge in [0.25, 0.3) is 0 Å². The van der Waals surface area contributed by atoms with Crippen molar-refractivity contribution in [1.29, 1.82) is 0 Å². The molecular formula is C33H42O. The van der Waals surface area contributed by atoms with Crippen LogP contribution in [0, 0.1) is 46.3 Å². The van der Waals surface area contributed by atoms with E-state index in [9.17, 15) is 4.79 Å². The van der Waals surface area contributed by atoms with Crippen LogP contribution in [0.15, 0.2) is 54.6 Å². The molecule has 2 aromatic carbocycles. The molecule has 0 aromatic heterocycles. The molecule has 0 aliphatic heterocycles. The predicted octanol–water partition coefficient (Wildman–Crippen LogP) is 8.83. The zero-order valence-electron chi connectivity index (χ0n) is 21.4. The summed E-state index contributed by atoms with van der Waals surface area (Å²) in [7, 11) is 0. The maximum absolute atomic E-state index is 13.8. The fourth-order valence-corrected chi connectivity index (χ4v) is 9.56. The number of carbonyl (C=O) groups is 1. The summed E-state index contributed by atoms with van der Waals surface area (Å²) in [6.07, 6.45) is 12.2. The SMILES string of the molecule is CC1CCC2(C)C(CCC3C2CCC2(C)C(C(=O)c4ccc(-c5ccccc5)cc4)CCC32)C1. The summed E-state index contributed by atoms with van der Waals surface area (Å²) >= 11 is 0. The molecule has 0 radical (unpaired) electrons. The first kappa shape index (κ1) is 22.6. The summed E-state index contributed by atoms with van der Waals surface area (Å²) in [5.41, 5.74) is 4.09. The van der Waals surface area contributed by atoms with Gasteiger partial charge < -0.3 is 0 Å². The first-order valence-electron chi connectivity index (χ1n) is 14.1. The number of fused-ring (bicyclic) bond motifs is 5.